The zero-order chi connectivity index (χ0) is 9.54. The SMILES string of the molecule is Brc1nnc(CC2CC3CCC2C3)o1. The smallest absolute Gasteiger partial charge is 0.284 e. The zero-order valence-corrected chi connectivity index (χ0v) is 9.53. The molecule has 1 aromatic rings. The van der Waals surface area contributed by atoms with Crippen LogP contribution in [0.3, 0.4) is 0 Å². The van der Waals surface area contributed by atoms with Crippen molar-refractivity contribution in [3.63, 3.8) is 0 Å². The molecule has 4 heteroatoms. The molecular weight excluding hydrogens is 244 g/mol. The monoisotopic (exact) mass is 256 g/mol. The van der Waals surface area contributed by atoms with Gasteiger partial charge in [-0.1, -0.05) is 6.42 Å². The standard InChI is InChI=1S/C10H13BrN2O/c11-10-13-12-9(14-10)5-8-4-6-1-2-7(8)3-6/h6-8H,1-5H2. The summed E-state index contributed by atoms with van der Waals surface area (Å²) in [4.78, 5) is 0.510. The fourth-order valence-electron chi connectivity index (χ4n) is 3.17. The molecule has 1 heterocycles. The minimum atomic E-state index is 0.510. The molecule has 0 radical (unpaired) electrons. The number of aromatic nitrogens is 2. The van der Waals surface area contributed by atoms with E-state index in [2.05, 4.69) is 26.1 Å². The number of fused-ring (bicyclic) bond motifs is 2. The maximum atomic E-state index is 5.35. The van der Waals surface area contributed by atoms with Gasteiger partial charge in [-0.2, -0.15) is 0 Å². The molecule has 3 rings (SSSR count). The molecule has 0 N–H and O–H groups in total. The fraction of sp³-hybridized carbons (Fsp3) is 0.800. The third kappa shape index (κ3) is 1.49. The molecule has 0 amide bonds. The summed E-state index contributed by atoms with van der Waals surface area (Å²) in [5, 5.41) is 7.82. The van der Waals surface area contributed by atoms with Gasteiger partial charge >= 0.3 is 0 Å². The van der Waals surface area contributed by atoms with E-state index >= 15 is 0 Å². The molecule has 0 aromatic carbocycles. The first-order valence-electron chi connectivity index (χ1n) is 5.29. The van der Waals surface area contributed by atoms with Crippen LogP contribution in [0.25, 0.3) is 0 Å². The highest BCUT2D eigenvalue weighted by Gasteiger charge is 2.39. The molecule has 2 bridgehead atoms. The summed E-state index contributed by atoms with van der Waals surface area (Å²) < 4.78 is 5.35. The maximum absolute atomic E-state index is 5.35. The van der Waals surface area contributed by atoms with Crippen LogP contribution in [0.1, 0.15) is 31.6 Å². The Kier molecular flexibility index (Phi) is 2.11. The molecule has 76 valence electrons. The zero-order valence-electron chi connectivity index (χ0n) is 7.95. The first kappa shape index (κ1) is 8.89. The molecule has 3 unspecified atom stereocenters. The van der Waals surface area contributed by atoms with E-state index in [1.54, 1.807) is 0 Å². The molecule has 3 atom stereocenters. The highest BCUT2D eigenvalue weighted by atomic mass is 79.9. The van der Waals surface area contributed by atoms with Crippen molar-refractivity contribution in [2.75, 3.05) is 0 Å². The molecule has 2 aliphatic rings. The lowest BCUT2D eigenvalue weighted by Crippen LogP contribution is -2.13. The van der Waals surface area contributed by atoms with E-state index in [1.807, 2.05) is 0 Å². The Morgan fingerprint density at radius 2 is 2.21 bits per heavy atom. The van der Waals surface area contributed by atoms with E-state index in [9.17, 15) is 0 Å². The molecule has 2 aliphatic carbocycles. The Labute approximate surface area is 91.4 Å². The predicted octanol–water partition coefficient (Wildman–Crippen LogP) is 2.81. The van der Waals surface area contributed by atoms with Crippen LogP contribution in [-0.4, -0.2) is 10.2 Å². The summed E-state index contributed by atoms with van der Waals surface area (Å²) >= 11 is 3.18. The van der Waals surface area contributed by atoms with Crippen molar-refractivity contribution in [2.24, 2.45) is 17.8 Å². The molecule has 2 saturated carbocycles. The van der Waals surface area contributed by atoms with Gasteiger partial charge in [0.05, 0.1) is 0 Å². The average Bonchev–Trinajstić information content (AvgIpc) is 2.82. The molecule has 3 nitrogen and oxygen atoms in total. The maximum Gasteiger partial charge on any atom is 0.284 e. The number of rotatable bonds is 2. The van der Waals surface area contributed by atoms with Crippen molar-refractivity contribution in [1.29, 1.82) is 0 Å². The van der Waals surface area contributed by atoms with Crippen LogP contribution in [0.5, 0.6) is 0 Å². The van der Waals surface area contributed by atoms with Gasteiger partial charge in [-0.25, -0.2) is 0 Å². The van der Waals surface area contributed by atoms with E-state index in [0.717, 1.165) is 30.1 Å². The normalized spacial score (nSPS) is 35.4. The molecule has 1 aromatic heterocycles. The van der Waals surface area contributed by atoms with Gasteiger partial charge in [0, 0.05) is 22.4 Å². The number of hydrogen-bond donors (Lipinski definition) is 0. The Balaban J connectivity index is 1.68. The molecule has 0 spiro atoms. The molecule has 0 saturated heterocycles. The van der Waals surface area contributed by atoms with Crippen molar-refractivity contribution in [1.82, 2.24) is 10.2 Å². The van der Waals surface area contributed by atoms with Crippen LogP contribution in [0.4, 0.5) is 0 Å². The summed E-state index contributed by atoms with van der Waals surface area (Å²) in [7, 11) is 0. The third-order valence-electron chi connectivity index (χ3n) is 3.76. The van der Waals surface area contributed by atoms with Crippen LogP contribution in [0.2, 0.25) is 0 Å². The lowest BCUT2D eigenvalue weighted by Gasteiger charge is -2.19. The van der Waals surface area contributed by atoms with Crippen molar-refractivity contribution < 1.29 is 4.42 Å². The quantitative estimate of drug-likeness (QED) is 0.817. The Morgan fingerprint density at radius 3 is 2.79 bits per heavy atom. The average molecular weight is 257 g/mol. The number of halogens is 1. The van der Waals surface area contributed by atoms with Gasteiger partial charge in [0.2, 0.25) is 5.89 Å². The van der Waals surface area contributed by atoms with Crippen molar-refractivity contribution in [2.45, 2.75) is 32.1 Å². The molecule has 14 heavy (non-hydrogen) atoms. The second-order valence-electron chi connectivity index (χ2n) is 4.59. The molecule has 2 fully saturated rings. The third-order valence-corrected chi connectivity index (χ3v) is 4.08. The van der Waals surface area contributed by atoms with Crippen molar-refractivity contribution in [3.05, 3.63) is 10.7 Å². The van der Waals surface area contributed by atoms with E-state index in [0.29, 0.717) is 4.80 Å². The van der Waals surface area contributed by atoms with Crippen LogP contribution < -0.4 is 0 Å². The van der Waals surface area contributed by atoms with Gasteiger partial charge < -0.3 is 4.42 Å². The summed E-state index contributed by atoms with van der Waals surface area (Å²) in [6, 6.07) is 0. The van der Waals surface area contributed by atoms with Crippen molar-refractivity contribution in [3.8, 4) is 0 Å². The Morgan fingerprint density at radius 1 is 1.29 bits per heavy atom. The minimum Gasteiger partial charge on any atom is -0.416 e. The lowest BCUT2D eigenvalue weighted by atomic mass is 9.86. The first-order valence-corrected chi connectivity index (χ1v) is 6.08. The second-order valence-corrected chi connectivity index (χ2v) is 5.27. The molecule has 0 aliphatic heterocycles. The van der Waals surface area contributed by atoms with Gasteiger partial charge in [-0.15, -0.1) is 10.2 Å². The number of nitrogens with zero attached hydrogens (tertiary/aromatic N) is 2. The first-order chi connectivity index (χ1) is 6.81. The van der Waals surface area contributed by atoms with Crippen molar-refractivity contribution >= 4 is 15.9 Å². The lowest BCUT2D eigenvalue weighted by molar-refractivity contribution is 0.305. The predicted molar refractivity (Wildman–Crippen MR) is 54.6 cm³/mol. The number of hydrogen-bond acceptors (Lipinski definition) is 3. The van der Waals surface area contributed by atoms with Gasteiger partial charge in [-0.05, 0) is 37.0 Å². The van der Waals surface area contributed by atoms with Crippen LogP contribution in [0.15, 0.2) is 9.22 Å². The van der Waals surface area contributed by atoms with E-state index < -0.39 is 0 Å². The van der Waals surface area contributed by atoms with E-state index in [4.69, 9.17) is 4.42 Å². The van der Waals surface area contributed by atoms with Gasteiger partial charge in [0.15, 0.2) is 0 Å². The highest BCUT2D eigenvalue weighted by molar-refractivity contribution is 9.10. The van der Waals surface area contributed by atoms with Gasteiger partial charge in [-0.3, -0.25) is 0 Å². The summed E-state index contributed by atoms with van der Waals surface area (Å²) in [5.41, 5.74) is 0. The topological polar surface area (TPSA) is 38.9 Å². The van der Waals surface area contributed by atoms with Crippen LogP contribution in [-0.2, 0) is 6.42 Å². The summed E-state index contributed by atoms with van der Waals surface area (Å²) in [5.74, 6) is 3.54. The largest absolute Gasteiger partial charge is 0.416 e. The van der Waals surface area contributed by atoms with Crippen LogP contribution >= 0.6 is 15.9 Å². The molecular formula is C10H13BrN2O. The Bertz CT molecular complexity index is 339. The van der Waals surface area contributed by atoms with Crippen LogP contribution in [0, 0.1) is 17.8 Å². The Hall–Kier alpha value is -0.380. The van der Waals surface area contributed by atoms with E-state index in [-0.39, 0.29) is 0 Å². The van der Waals surface area contributed by atoms with Gasteiger partial charge in [0.25, 0.3) is 4.80 Å². The highest BCUT2D eigenvalue weighted by Crippen LogP contribution is 2.49. The van der Waals surface area contributed by atoms with Gasteiger partial charge in [0.1, 0.15) is 0 Å². The van der Waals surface area contributed by atoms with E-state index in [1.165, 1.54) is 25.7 Å². The fourth-order valence-corrected chi connectivity index (χ4v) is 3.43. The summed E-state index contributed by atoms with van der Waals surface area (Å²) in [6.07, 6.45) is 6.68. The minimum absolute atomic E-state index is 0.510. The summed E-state index contributed by atoms with van der Waals surface area (Å²) in [6.45, 7) is 0. The second kappa shape index (κ2) is 3.33.